The van der Waals surface area contributed by atoms with Crippen LogP contribution in [0, 0.1) is 12.8 Å². The summed E-state index contributed by atoms with van der Waals surface area (Å²) in [4.78, 5) is 0. The molecule has 0 radical (unpaired) electrons. The highest BCUT2D eigenvalue weighted by Gasteiger charge is 2.14. The van der Waals surface area contributed by atoms with Crippen LogP contribution in [0.4, 0.5) is 0 Å². The molecule has 106 valence electrons. The standard InChI is InChI=1S/C18H21BrO/c1-12(2)10-14-6-4-7-15(11-14)18(20)16-8-5-9-17(19)13(16)3/h4-9,11-12,18,20H,10H2,1-3H3. The number of benzene rings is 2. The molecule has 0 aliphatic carbocycles. The van der Waals surface area contributed by atoms with Gasteiger partial charge in [-0.05, 0) is 47.6 Å². The molecule has 0 heterocycles. The van der Waals surface area contributed by atoms with Crippen LogP contribution in [0.25, 0.3) is 0 Å². The molecule has 2 rings (SSSR count). The van der Waals surface area contributed by atoms with Crippen LogP contribution >= 0.6 is 15.9 Å². The fourth-order valence-electron chi connectivity index (χ4n) is 2.46. The second kappa shape index (κ2) is 6.55. The molecule has 0 aliphatic heterocycles. The molecule has 1 nitrogen and oxygen atoms in total. The number of aliphatic hydroxyl groups is 1. The first-order valence-corrected chi connectivity index (χ1v) is 7.80. The molecule has 1 atom stereocenters. The van der Waals surface area contributed by atoms with Gasteiger partial charge in [0.05, 0.1) is 0 Å². The molecule has 2 heteroatoms. The van der Waals surface area contributed by atoms with Gasteiger partial charge in [0.25, 0.3) is 0 Å². The third-order valence-corrected chi connectivity index (χ3v) is 4.37. The fourth-order valence-corrected chi connectivity index (χ4v) is 2.84. The highest BCUT2D eigenvalue weighted by Crippen LogP contribution is 2.29. The van der Waals surface area contributed by atoms with Crippen LogP contribution in [0.3, 0.4) is 0 Å². The highest BCUT2D eigenvalue weighted by atomic mass is 79.9. The zero-order valence-electron chi connectivity index (χ0n) is 12.2. The normalized spacial score (nSPS) is 12.7. The number of halogens is 1. The molecule has 0 aliphatic rings. The summed E-state index contributed by atoms with van der Waals surface area (Å²) < 4.78 is 1.03. The molecule has 1 N–H and O–H groups in total. The van der Waals surface area contributed by atoms with Crippen molar-refractivity contribution in [3.63, 3.8) is 0 Å². The Bertz CT molecular complexity index is 590. The minimum atomic E-state index is -0.570. The van der Waals surface area contributed by atoms with E-state index >= 15 is 0 Å². The van der Waals surface area contributed by atoms with Crippen LogP contribution in [0.1, 0.15) is 42.2 Å². The molecule has 1 unspecified atom stereocenters. The van der Waals surface area contributed by atoms with Gasteiger partial charge >= 0.3 is 0 Å². The van der Waals surface area contributed by atoms with Crippen molar-refractivity contribution in [1.82, 2.24) is 0 Å². The van der Waals surface area contributed by atoms with Crippen LogP contribution in [-0.4, -0.2) is 5.11 Å². The Hall–Kier alpha value is -1.12. The van der Waals surface area contributed by atoms with Crippen molar-refractivity contribution >= 4 is 15.9 Å². The van der Waals surface area contributed by atoms with Gasteiger partial charge in [-0.25, -0.2) is 0 Å². The zero-order chi connectivity index (χ0) is 14.7. The first-order valence-electron chi connectivity index (χ1n) is 7.01. The topological polar surface area (TPSA) is 20.2 Å². The first kappa shape index (κ1) is 15.3. The quantitative estimate of drug-likeness (QED) is 0.831. The fraction of sp³-hybridized carbons (Fsp3) is 0.333. The second-order valence-corrected chi connectivity index (χ2v) is 6.55. The van der Waals surface area contributed by atoms with Crippen molar-refractivity contribution in [3.05, 3.63) is 69.2 Å². The second-order valence-electron chi connectivity index (χ2n) is 5.70. The minimum Gasteiger partial charge on any atom is -0.384 e. The van der Waals surface area contributed by atoms with E-state index < -0.39 is 6.10 Å². The number of rotatable bonds is 4. The average molecular weight is 333 g/mol. The van der Waals surface area contributed by atoms with Crippen LogP contribution in [0.2, 0.25) is 0 Å². The molecule has 0 fully saturated rings. The largest absolute Gasteiger partial charge is 0.384 e. The maximum atomic E-state index is 10.6. The summed E-state index contributed by atoms with van der Waals surface area (Å²) in [6, 6.07) is 14.2. The van der Waals surface area contributed by atoms with E-state index in [1.165, 1.54) is 5.56 Å². The van der Waals surface area contributed by atoms with Crippen LogP contribution in [-0.2, 0) is 6.42 Å². The maximum absolute atomic E-state index is 10.6. The lowest BCUT2D eigenvalue weighted by Crippen LogP contribution is -2.04. The van der Waals surface area contributed by atoms with E-state index in [0.717, 1.165) is 27.6 Å². The molecule has 0 bridgehead atoms. The number of hydrogen-bond acceptors (Lipinski definition) is 1. The smallest absolute Gasteiger partial charge is 0.104 e. The van der Waals surface area contributed by atoms with Crippen molar-refractivity contribution in [1.29, 1.82) is 0 Å². The third kappa shape index (κ3) is 3.50. The summed E-state index contributed by atoms with van der Waals surface area (Å²) in [6.45, 7) is 6.45. The minimum absolute atomic E-state index is 0.570. The SMILES string of the molecule is Cc1c(Br)cccc1C(O)c1cccc(CC(C)C)c1. The van der Waals surface area contributed by atoms with E-state index in [1.807, 2.05) is 37.3 Å². The lowest BCUT2D eigenvalue weighted by Gasteiger charge is -2.16. The summed E-state index contributed by atoms with van der Waals surface area (Å²) in [5.74, 6) is 0.620. The van der Waals surface area contributed by atoms with E-state index in [1.54, 1.807) is 0 Å². The summed E-state index contributed by atoms with van der Waals surface area (Å²) in [5, 5.41) is 10.6. The van der Waals surface area contributed by atoms with E-state index in [0.29, 0.717) is 5.92 Å². The van der Waals surface area contributed by atoms with Gasteiger partial charge in [0.1, 0.15) is 6.10 Å². The Labute approximate surface area is 129 Å². The first-order chi connectivity index (χ1) is 9.49. The van der Waals surface area contributed by atoms with E-state index in [2.05, 4.69) is 41.9 Å². The molecule has 2 aromatic rings. The molecule has 0 aromatic heterocycles. The van der Waals surface area contributed by atoms with Gasteiger partial charge < -0.3 is 5.11 Å². The molecular weight excluding hydrogens is 312 g/mol. The lowest BCUT2D eigenvalue weighted by atomic mass is 9.94. The number of hydrogen-bond donors (Lipinski definition) is 1. The van der Waals surface area contributed by atoms with Gasteiger partial charge in [-0.2, -0.15) is 0 Å². The van der Waals surface area contributed by atoms with Crippen molar-refractivity contribution in [3.8, 4) is 0 Å². The van der Waals surface area contributed by atoms with E-state index in [4.69, 9.17) is 0 Å². The van der Waals surface area contributed by atoms with Gasteiger partial charge in [0.15, 0.2) is 0 Å². The molecule has 0 amide bonds. The molecule has 0 spiro atoms. The number of aliphatic hydroxyl groups excluding tert-OH is 1. The van der Waals surface area contributed by atoms with Gasteiger partial charge in [0.2, 0.25) is 0 Å². The van der Waals surface area contributed by atoms with Crippen LogP contribution in [0.5, 0.6) is 0 Å². The summed E-state index contributed by atoms with van der Waals surface area (Å²) in [7, 11) is 0. The van der Waals surface area contributed by atoms with Crippen molar-refractivity contribution < 1.29 is 5.11 Å². The Kier molecular flexibility index (Phi) is 5.00. The van der Waals surface area contributed by atoms with Crippen LogP contribution in [0.15, 0.2) is 46.9 Å². The van der Waals surface area contributed by atoms with Gasteiger partial charge in [0, 0.05) is 4.47 Å². The molecule has 0 saturated heterocycles. The van der Waals surface area contributed by atoms with Crippen molar-refractivity contribution in [2.45, 2.75) is 33.3 Å². The van der Waals surface area contributed by atoms with Gasteiger partial charge in [-0.3, -0.25) is 0 Å². The monoisotopic (exact) mass is 332 g/mol. The average Bonchev–Trinajstić information content (AvgIpc) is 2.41. The molecule has 2 aromatic carbocycles. The molecular formula is C18H21BrO. The van der Waals surface area contributed by atoms with E-state index in [9.17, 15) is 5.11 Å². The molecule has 20 heavy (non-hydrogen) atoms. The zero-order valence-corrected chi connectivity index (χ0v) is 13.8. The van der Waals surface area contributed by atoms with Crippen LogP contribution < -0.4 is 0 Å². The van der Waals surface area contributed by atoms with E-state index in [-0.39, 0.29) is 0 Å². The third-order valence-electron chi connectivity index (χ3n) is 3.51. The summed E-state index contributed by atoms with van der Waals surface area (Å²) in [6.07, 6.45) is 0.470. The summed E-state index contributed by atoms with van der Waals surface area (Å²) in [5.41, 5.74) is 4.30. The van der Waals surface area contributed by atoms with Crippen molar-refractivity contribution in [2.75, 3.05) is 0 Å². The Morgan fingerprint density at radius 1 is 1.10 bits per heavy atom. The van der Waals surface area contributed by atoms with Crippen molar-refractivity contribution in [2.24, 2.45) is 5.92 Å². The predicted octanol–water partition coefficient (Wildman–Crippen LogP) is 5.04. The Balaban J connectivity index is 2.33. The highest BCUT2D eigenvalue weighted by molar-refractivity contribution is 9.10. The maximum Gasteiger partial charge on any atom is 0.104 e. The van der Waals surface area contributed by atoms with Gasteiger partial charge in [-0.15, -0.1) is 0 Å². The lowest BCUT2D eigenvalue weighted by molar-refractivity contribution is 0.219. The Morgan fingerprint density at radius 3 is 2.50 bits per heavy atom. The Morgan fingerprint density at radius 2 is 1.80 bits per heavy atom. The summed E-state index contributed by atoms with van der Waals surface area (Å²) >= 11 is 3.52. The molecule has 0 saturated carbocycles. The van der Waals surface area contributed by atoms with Gasteiger partial charge in [-0.1, -0.05) is 66.2 Å². The predicted molar refractivity (Wildman–Crippen MR) is 87.9 cm³/mol.